The third-order valence-corrected chi connectivity index (χ3v) is 2.93. The van der Waals surface area contributed by atoms with Crippen LogP contribution in [0.15, 0.2) is 6.20 Å². The molecule has 1 fully saturated rings. The van der Waals surface area contributed by atoms with Crippen LogP contribution in [0.5, 0.6) is 0 Å². The number of carbonyl (C=O) groups excluding carboxylic acids is 1. The summed E-state index contributed by atoms with van der Waals surface area (Å²) in [5.74, 6) is 0.806. The third kappa shape index (κ3) is 3.56. The molecule has 5 nitrogen and oxygen atoms in total. The van der Waals surface area contributed by atoms with E-state index in [0.29, 0.717) is 6.54 Å². The van der Waals surface area contributed by atoms with Crippen LogP contribution in [0.3, 0.4) is 0 Å². The van der Waals surface area contributed by atoms with Crippen LogP contribution in [0.4, 0.5) is 5.69 Å². The lowest BCUT2D eigenvalue weighted by molar-refractivity contribution is -0.115. The van der Waals surface area contributed by atoms with Crippen molar-refractivity contribution >= 4 is 11.6 Å². The standard InChI is InChI=1S/C12H20N4O/c1-3-10-11(8-16(2)15-10)14-12(17)7-13-6-9-4-5-9/h8-9,13H,3-7H2,1-2H3,(H,14,17). The maximum Gasteiger partial charge on any atom is 0.238 e. The zero-order chi connectivity index (χ0) is 12.3. The number of amides is 1. The normalized spacial score (nSPS) is 14.9. The lowest BCUT2D eigenvalue weighted by atomic mass is 10.3. The van der Waals surface area contributed by atoms with Crippen molar-refractivity contribution in [1.82, 2.24) is 15.1 Å². The van der Waals surface area contributed by atoms with Gasteiger partial charge in [0.05, 0.1) is 17.9 Å². The van der Waals surface area contributed by atoms with Gasteiger partial charge in [0.15, 0.2) is 0 Å². The first-order valence-electron chi connectivity index (χ1n) is 6.22. The zero-order valence-corrected chi connectivity index (χ0v) is 10.5. The number of hydrogen-bond donors (Lipinski definition) is 2. The Morgan fingerprint density at radius 2 is 2.35 bits per heavy atom. The molecule has 0 spiro atoms. The molecule has 2 rings (SSSR count). The first-order chi connectivity index (χ1) is 8.19. The molecule has 1 aliphatic rings. The minimum atomic E-state index is 0.00773. The van der Waals surface area contributed by atoms with Crippen molar-refractivity contribution in [2.24, 2.45) is 13.0 Å². The van der Waals surface area contributed by atoms with Crippen LogP contribution in [0.25, 0.3) is 0 Å². The van der Waals surface area contributed by atoms with Gasteiger partial charge in [0.25, 0.3) is 0 Å². The summed E-state index contributed by atoms with van der Waals surface area (Å²) in [5.41, 5.74) is 1.76. The summed E-state index contributed by atoms with van der Waals surface area (Å²) in [7, 11) is 1.86. The average molecular weight is 236 g/mol. The van der Waals surface area contributed by atoms with Crippen molar-refractivity contribution in [1.29, 1.82) is 0 Å². The molecule has 0 atom stereocenters. The molecule has 1 saturated carbocycles. The molecule has 0 aliphatic heterocycles. The van der Waals surface area contributed by atoms with E-state index in [2.05, 4.69) is 15.7 Å². The SMILES string of the molecule is CCc1nn(C)cc1NC(=O)CNCC1CC1. The molecule has 2 N–H and O–H groups in total. The van der Waals surface area contributed by atoms with E-state index < -0.39 is 0 Å². The van der Waals surface area contributed by atoms with Crippen molar-refractivity contribution in [3.8, 4) is 0 Å². The molecule has 1 amide bonds. The number of carbonyl (C=O) groups is 1. The number of nitrogens with one attached hydrogen (secondary N) is 2. The molecular formula is C12H20N4O. The molecule has 1 aromatic heterocycles. The Balaban J connectivity index is 1.79. The molecule has 1 aliphatic carbocycles. The molecule has 94 valence electrons. The van der Waals surface area contributed by atoms with Crippen LogP contribution in [0, 0.1) is 5.92 Å². The van der Waals surface area contributed by atoms with E-state index in [0.717, 1.165) is 30.3 Å². The monoisotopic (exact) mass is 236 g/mol. The molecule has 5 heteroatoms. The summed E-state index contributed by atoms with van der Waals surface area (Å²) < 4.78 is 1.73. The highest BCUT2D eigenvalue weighted by Crippen LogP contribution is 2.27. The van der Waals surface area contributed by atoms with Crippen molar-refractivity contribution < 1.29 is 4.79 Å². The lowest BCUT2D eigenvalue weighted by Gasteiger charge is -2.05. The lowest BCUT2D eigenvalue weighted by Crippen LogP contribution is -2.29. The van der Waals surface area contributed by atoms with Crippen molar-refractivity contribution in [2.75, 3.05) is 18.4 Å². The maximum absolute atomic E-state index is 11.7. The molecular weight excluding hydrogens is 216 g/mol. The van der Waals surface area contributed by atoms with Crippen LogP contribution >= 0.6 is 0 Å². The highest BCUT2D eigenvalue weighted by molar-refractivity contribution is 5.92. The summed E-state index contributed by atoms with van der Waals surface area (Å²) in [6.45, 7) is 3.37. The van der Waals surface area contributed by atoms with Gasteiger partial charge in [-0.15, -0.1) is 0 Å². The summed E-state index contributed by atoms with van der Waals surface area (Å²) in [6, 6.07) is 0. The van der Waals surface area contributed by atoms with Crippen LogP contribution in [-0.4, -0.2) is 28.8 Å². The van der Waals surface area contributed by atoms with Gasteiger partial charge in [-0.05, 0) is 31.7 Å². The first kappa shape index (κ1) is 12.1. The Kier molecular flexibility index (Phi) is 3.78. The van der Waals surface area contributed by atoms with Gasteiger partial charge >= 0.3 is 0 Å². The average Bonchev–Trinajstić information content (AvgIpc) is 3.03. The molecule has 0 saturated heterocycles. The van der Waals surface area contributed by atoms with E-state index in [1.54, 1.807) is 4.68 Å². The van der Waals surface area contributed by atoms with Crippen LogP contribution in [0.2, 0.25) is 0 Å². The Morgan fingerprint density at radius 3 is 3.00 bits per heavy atom. The topological polar surface area (TPSA) is 59.0 Å². The van der Waals surface area contributed by atoms with E-state index in [4.69, 9.17) is 0 Å². The van der Waals surface area contributed by atoms with E-state index in [9.17, 15) is 4.79 Å². The van der Waals surface area contributed by atoms with E-state index in [1.807, 2.05) is 20.2 Å². The van der Waals surface area contributed by atoms with Crippen LogP contribution in [0.1, 0.15) is 25.5 Å². The van der Waals surface area contributed by atoms with Crippen molar-refractivity contribution in [2.45, 2.75) is 26.2 Å². The third-order valence-electron chi connectivity index (χ3n) is 2.93. The predicted molar refractivity (Wildman–Crippen MR) is 66.8 cm³/mol. The Bertz CT molecular complexity index is 395. The van der Waals surface area contributed by atoms with Crippen molar-refractivity contribution in [3.05, 3.63) is 11.9 Å². The number of aryl methyl sites for hydroxylation is 2. The van der Waals surface area contributed by atoms with Gasteiger partial charge in [-0.1, -0.05) is 6.92 Å². The smallest absolute Gasteiger partial charge is 0.238 e. The number of rotatable bonds is 6. The molecule has 0 bridgehead atoms. The van der Waals surface area contributed by atoms with Gasteiger partial charge in [-0.3, -0.25) is 9.48 Å². The van der Waals surface area contributed by atoms with Gasteiger partial charge in [-0.2, -0.15) is 5.10 Å². The second kappa shape index (κ2) is 5.31. The minimum absolute atomic E-state index is 0.00773. The fraction of sp³-hybridized carbons (Fsp3) is 0.667. The number of nitrogens with zero attached hydrogens (tertiary/aromatic N) is 2. The fourth-order valence-corrected chi connectivity index (χ4v) is 1.81. The first-order valence-corrected chi connectivity index (χ1v) is 6.22. The van der Waals surface area contributed by atoms with Gasteiger partial charge in [0.1, 0.15) is 0 Å². The maximum atomic E-state index is 11.7. The van der Waals surface area contributed by atoms with Gasteiger partial charge < -0.3 is 10.6 Å². The van der Waals surface area contributed by atoms with Gasteiger partial charge in [0.2, 0.25) is 5.91 Å². The molecule has 0 aromatic carbocycles. The summed E-state index contributed by atoms with van der Waals surface area (Å²) in [4.78, 5) is 11.7. The summed E-state index contributed by atoms with van der Waals surface area (Å²) in [6.07, 6.45) is 5.28. The van der Waals surface area contributed by atoms with Crippen LogP contribution < -0.4 is 10.6 Å². The molecule has 0 unspecified atom stereocenters. The number of anilines is 1. The van der Waals surface area contributed by atoms with E-state index in [-0.39, 0.29) is 5.91 Å². The molecule has 1 heterocycles. The van der Waals surface area contributed by atoms with Gasteiger partial charge in [-0.25, -0.2) is 0 Å². The molecule has 1 aromatic rings. The summed E-state index contributed by atoms with van der Waals surface area (Å²) in [5, 5.41) is 10.3. The largest absolute Gasteiger partial charge is 0.322 e. The highest BCUT2D eigenvalue weighted by Gasteiger charge is 2.20. The second-order valence-corrected chi connectivity index (χ2v) is 4.64. The summed E-state index contributed by atoms with van der Waals surface area (Å²) >= 11 is 0. The number of hydrogen-bond acceptors (Lipinski definition) is 3. The zero-order valence-electron chi connectivity index (χ0n) is 10.5. The Labute approximate surface area is 102 Å². The second-order valence-electron chi connectivity index (χ2n) is 4.64. The Hall–Kier alpha value is -1.36. The van der Waals surface area contributed by atoms with E-state index in [1.165, 1.54) is 12.8 Å². The van der Waals surface area contributed by atoms with E-state index >= 15 is 0 Å². The van der Waals surface area contributed by atoms with Crippen LogP contribution in [-0.2, 0) is 18.3 Å². The van der Waals surface area contributed by atoms with Crippen molar-refractivity contribution in [3.63, 3.8) is 0 Å². The molecule has 17 heavy (non-hydrogen) atoms. The van der Waals surface area contributed by atoms with Gasteiger partial charge in [0, 0.05) is 13.2 Å². The minimum Gasteiger partial charge on any atom is -0.322 e. The fourth-order valence-electron chi connectivity index (χ4n) is 1.81. The Morgan fingerprint density at radius 1 is 1.59 bits per heavy atom. The molecule has 0 radical (unpaired) electrons. The predicted octanol–water partition coefficient (Wildman–Crippen LogP) is 0.921. The quantitative estimate of drug-likeness (QED) is 0.772. The highest BCUT2D eigenvalue weighted by atomic mass is 16.1. The number of aromatic nitrogens is 2.